The van der Waals surface area contributed by atoms with Crippen LogP contribution in [0, 0.1) is 6.92 Å². The number of pyridine rings is 1. The summed E-state index contributed by atoms with van der Waals surface area (Å²) in [6, 6.07) is 9.29. The summed E-state index contributed by atoms with van der Waals surface area (Å²) in [4.78, 5) is 16.3. The van der Waals surface area contributed by atoms with E-state index in [1.54, 1.807) is 12.3 Å². The van der Waals surface area contributed by atoms with Crippen molar-refractivity contribution in [3.05, 3.63) is 66.4 Å². The smallest absolute Gasteiger partial charge is 0.256 e. The monoisotopic (exact) mass is 331 g/mol. The second-order valence-corrected chi connectivity index (χ2v) is 6.55. The number of carbonyl (C=O) groups is 1. The zero-order chi connectivity index (χ0) is 16.9. The topological polar surface area (TPSA) is 88.2 Å². The Bertz CT molecular complexity index is 815. The zero-order valence-electron chi connectivity index (χ0n) is 12.6. The fourth-order valence-corrected chi connectivity index (χ4v) is 2.83. The summed E-state index contributed by atoms with van der Waals surface area (Å²) in [5.41, 5.74) is 1.19. The van der Waals surface area contributed by atoms with Crippen LogP contribution in [-0.2, 0) is 10.0 Å². The lowest BCUT2D eigenvalue weighted by atomic mass is 10.2. The van der Waals surface area contributed by atoms with E-state index >= 15 is 0 Å². The van der Waals surface area contributed by atoms with Crippen molar-refractivity contribution in [2.45, 2.75) is 11.8 Å². The second-order valence-electron chi connectivity index (χ2n) is 4.79. The number of sulfonamides is 1. The molecule has 0 spiro atoms. The summed E-state index contributed by atoms with van der Waals surface area (Å²) in [6.45, 7) is 5.44. The van der Waals surface area contributed by atoms with Crippen LogP contribution in [0.2, 0.25) is 0 Å². The third kappa shape index (κ3) is 4.24. The van der Waals surface area contributed by atoms with E-state index in [1.165, 1.54) is 30.3 Å². The second kappa shape index (κ2) is 7.17. The van der Waals surface area contributed by atoms with Gasteiger partial charge in [0.05, 0.1) is 4.90 Å². The highest BCUT2D eigenvalue weighted by atomic mass is 32.2. The fraction of sp³-hybridized carbons (Fsp3) is 0.125. The highest BCUT2D eigenvalue weighted by Crippen LogP contribution is 2.14. The first kappa shape index (κ1) is 16.9. The number of rotatable bonds is 6. The van der Waals surface area contributed by atoms with Gasteiger partial charge in [-0.1, -0.05) is 12.1 Å². The predicted octanol–water partition coefficient (Wildman–Crippen LogP) is 2.11. The highest BCUT2D eigenvalue weighted by Gasteiger charge is 2.14. The maximum absolute atomic E-state index is 12.2. The molecule has 0 saturated heterocycles. The van der Waals surface area contributed by atoms with E-state index in [2.05, 4.69) is 21.6 Å². The molecular weight excluding hydrogens is 314 g/mol. The maximum Gasteiger partial charge on any atom is 0.256 e. The average molecular weight is 331 g/mol. The van der Waals surface area contributed by atoms with Crippen molar-refractivity contribution in [1.29, 1.82) is 0 Å². The third-order valence-electron chi connectivity index (χ3n) is 3.09. The Balaban J connectivity index is 2.15. The average Bonchev–Trinajstić information content (AvgIpc) is 2.55. The molecule has 0 aliphatic rings. The summed E-state index contributed by atoms with van der Waals surface area (Å²) in [7, 11) is -3.60. The van der Waals surface area contributed by atoms with Crippen LogP contribution in [0.25, 0.3) is 0 Å². The Hall–Kier alpha value is -2.51. The largest absolute Gasteiger partial charge is 0.306 e. The molecule has 23 heavy (non-hydrogen) atoms. The van der Waals surface area contributed by atoms with Crippen LogP contribution < -0.4 is 10.0 Å². The summed E-state index contributed by atoms with van der Waals surface area (Å²) in [5, 5.41) is 2.69. The molecule has 0 fully saturated rings. The van der Waals surface area contributed by atoms with E-state index in [1.807, 2.05) is 13.0 Å². The van der Waals surface area contributed by atoms with Crippen LogP contribution in [-0.4, -0.2) is 25.9 Å². The molecule has 0 radical (unpaired) electrons. The normalized spacial score (nSPS) is 11.0. The van der Waals surface area contributed by atoms with Crippen molar-refractivity contribution in [3.63, 3.8) is 0 Å². The summed E-state index contributed by atoms with van der Waals surface area (Å²) >= 11 is 0. The molecule has 0 bridgehead atoms. The molecule has 0 saturated carbocycles. The number of aromatic nitrogens is 1. The Labute approximate surface area is 135 Å². The molecule has 0 aliphatic heterocycles. The first-order valence-corrected chi connectivity index (χ1v) is 8.36. The molecule has 0 aliphatic carbocycles. The van der Waals surface area contributed by atoms with Gasteiger partial charge >= 0.3 is 0 Å². The number of anilines is 1. The number of hydrogen-bond donors (Lipinski definition) is 2. The maximum atomic E-state index is 12.2. The SMILES string of the molecule is C=CCNS(=O)(=O)c1ccc(C(=O)Nc2ncccc2C)cc1. The molecule has 2 rings (SSSR count). The third-order valence-corrected chi connectivity index (χ3v) is 4.53. The van der Waals surface area contributed by atoms with Crippen LogP contribution in [0.1, 0.15) is 15.9 Å². The number of carbonyl (C=O) groups excluding carboxylic acids is 1. The molecule has 2 aromatic rings. The van der Waals surface area contributed by atoms with Gasteiger partial charge in [-0.15, -0.1) is 6.58 Å². The van der Waals surface area contributed by atoms with Gasteiger partial charge in [-0.05, 0) is 42.8 Å². The van der Waals surface area contributed by atoms with Gasteiger partial charge in [0.1, 0.15) is 5.82 Å². The van der Waals surface area contributed by atoms with E-state index in [4.69, 9.17) is 0 Å². The standard InChI is InChI=1S/C16H17N3O3S/c1-3-10-18-23(21,22)14-8-6-13(7-9-14)16(20)19-15-12(2)5-4-11-17-15/h3-9,11,18H,1,10H2,2H3,(H,17,19,20). The Morgan fingerprint density at radius 1 is 1.26 bits per heavy atom. The van der Waals surface area contributed by atoms with Crippen LogP contribution in [0.3, 0.4) is 0 Å². The van der Waals surface area contributed by atoms with Crippen molar-refractivity contribution < 1.29 is 13.2 Å². The van der Waals surface area contributed by atoms with Crippen molar-refractivity contribution in [2.24, 2.45) is 0 Å². The molecule has 0 atom stereocenters. The van der Waals surface area contributed by atoms with E-state index in [9.17, 15) is 13.2 Å². The molecule has 1 aromatic heterocycles. The van der Waals surface area contributed by atoms with Gasteiger partial charge in [0.2, 0.25) is 10.0 Å². The van der Waals surface area contributed by atoms with E-state index in [0.717, 1.165) is 5.56 Å². The quantitative estimate of drug-likeness (QED) is 0.794. The lowest BCUT2D eigenvalue weighted by molar-refractivity contribution is 0.102. The fourth-order valence-electron chi connectivity index (χ4n) is 1.83. The minimum absolute atomic E-state index is 0.0879. The zero-order valence-corrected chi connectivity index (χ0v) is 13.4. The predicted molar refractivity (Wildman–Crippen MR) is 88.8 cm³/mol. The lowest BCUT2D eigenvalue weighted by Gasteiger charge is -2.08. The molecule has 1 heterocycles. The molecule has 0 unspecified atom stereocenters. The summed E-state index contributed by atoms with van der Waals surface area (Å²) < 4.78 is 26.2. The van der Waals surface area contributed by atoms with E-state index < -0.39 is 10.0 Å². The van der Waals surface area contributed by atoms with Gasteiger partial charge in [0, 0.05) is 18.3 Å². The molecule has 6 nitrogen and oxygen atoms in total. The molecule has 7 heteroatoms. The van der Waals surface area contributed by atoms with Crippen LogP contribution in [0.5, 0.6) is 0 Å². The van der Waals surface area contributed by atoms with Gasteiger partial charge < -0.3 is 5.32 Å². The van der Waals surface area contributed by atoms with Crippen LogP contribution >= 0.6 is 0 Å². The van der Waals surface area contributed by atoms with Crippen LogP contribution in [0.15, 0.2) is 60.1 Å². The van der Waals surface area contributed by atoms with Gasteiger partial charge in [0.25, 0.3) is 5.91 Å². The lowest BCUT2D eigenvalue weighted by Crippen LogP contribution is -2.23. The number of nitrogens with zero attached hydrogens (tertiary/aromatic N) is 1. The van der Waals surface area contributed by atoms with Gasteiger partial charge in [-0.2, -0.15) is 0 Å². The highest BCUT2D eigenvalue weighted by molar-refractivity contribution is 7.89. The molecule has 120 valence electrons. The minimum atomic E-state index is -3.60. The van der Waals surface area contributed by atoms with E-state index in [0.29, 0.717) is 11.4 Å². The number of hydrogen-bond acceptors (Lipinski definition) is 4. The van der Waals surface area contributed by atoms with Gasteiger partial charge in [-0.3, -0.25) is 4.79 Å². The van der Waals surface area contributed by atoms with Crippen molar-refractivity contribution in [2.75, 3.05) is 11.9 Å². The Morgan fingerprint density at radius 2 is 1.96 bits per heavy atom. The Kier molecular flexibility index (Phi) is 5.25. The van der Waals surface area contributed by atoms with Gasteiger partial charge in [-0.25, -0.2) is 18.1 Å². The van der Waals surface area contributed by atoms with Gasteiger partial charge in [0.15, 0.2) is 0 Å². The Morgan fingerprint density at radius 3 is 2.57 bits per heavy atom. The van der Waals surface area contributed by atoms with Crippen molar-refractivity contribution in [3.8, 4) is 0 Å². The number of nitrogens with one attached hydrogen (secondary N) is 2. The first-order chi connectivity index (χ1) is 10.9. The summed E-state index contributed by atoms with van der Waals surface area (Å²) in [6.07, 6.45) is 3.04. The van der Waals surface area contributed by atoms with Crippen molar-refractivity contribution >= 4 is 21.7 Å². The molecule has 1 amide bonds. The molecule has 2 N–H and O–H groups in total. The molecule has 1 aromatic carbocycles. The first-order valence-electron chi connectivity index (χ1n) is 6.87. The van der Waals surface area contributed by atoms with E-state index in [-0.39, 0.29) is 17.3 Å². The van der Waals surface area contributed by atoms with Crippen molar-refractivity contribution in [1.82, 2.24) is 9.71 Å². The number of aryl methyl sites for hydroxylation is 1. The summed E-state index contributed by atoms with van der Waals surface area (Å²) in [5.74, 6) is 0.122. The number of benzene rings is 1. The number of amides is 1. The molecular formula is C16H17N3O3S. The minimum Gasteiger partial charge on any atom is -0.306 e. The van der Waals surface area contributed by atoms with Crippen LogP contribution in [0.4, 0.5) is 5.82 Å².